The van der Waals surface area contributed by atoms with E-state index >= 15 is 0 Å². The van der Waals surface area contributed by atoms with Crippen molar-refractivity contribution in [2.24, 2.45) is 11.7 Å². The molecule has 0 bridgehead atoms. The summed E-state index contributed by atoms with van der Waals surface area (Å²) in [5.41, 5.74) is 7.15. The fourth-order valence-corrected chi connectivity index (χ4v) is 4.27. The van der Waals surface area contributed by atoms with Crippen molar-refractivity contribution in [2.75, 3.05) is 19.7 Å². The Morgan fingerprint density at radius 3 is 2.55 bits per heavy atom. The van der Waals surface area contributed by atoms with E-state index in [1.165, 1.54) is 4.31 Å². The van der Waals surface area contributed by atoms with Gasteiger partial charge in [-0.2, -0.15) is 4.31 Å². The van der Waals surface area contributed by atoms with Crippen LogP contribution in [0, 0.1) is 12.8 Å². The monoisotopic (exact) mass is 298 g/mol. The maximum Gasteiger partial charge on any atom is 0.243 e. The minimum atomic E-state index is -3.46. The highest BCUT2D eigenvalue weighted by molar-refractivity contribution is 7.89. The quantitative estimate of drug-likeness (QED) is 0.863. The molecule has 5 nitrogen and oxygen atoms in total. The lowest BCUT2D eigenvalue weighted by molar-refractivity contribution is 0.170. The molecule has 0 spiro atoms. The number of hydrogen-bond acceptors (Lipinski definition) is 4. The second-order valence-corrected chi connectivity index (χ2v) is 7.24. The lowest BCUT2D eigenvalue weighted by Crippen LogP contribution is -2.39. The van der Waals surface area contributed by atoms with E-state index in [0.717, 1.165) is 11.1 Å². The number of nitrogens with zero attached hydrogens (tertiary/aromatic N) is 1. The van der Waals surface area contributed by atoms with Crippen LogP contribution in [-0.4, -0.2) is 37.5 Å². The summed E-state index contributed by atoms with van der Waals surface area (Å²) in [6, 6.07) is 5.32. The summed E-state index contributed by atoms with van der Waals surface area (Å²) in [6.07, 6.45) is 1.43. The molecule has 0 aliphatic carbocycles. The fraction of sp³-hybridized carbons (Fsp3) is 0.571. The Balaban J connectivity index is 2.27. The number of hydrogen-bond donors (Lipinski definition) is 2. The highest BCUT2D eigenvalue weighted by Crippen LogP contribution is 2.26. The van der Waals surface area contributed by atoms with E-state index in [1.807, 2.05) is 6.07 Å². The van der Waals surface area contributed by atoms with Crippen LogP contribution in [0.4, 0.5) is 0 Å². The topological polar surface area (TPSA) is 83.6 Å². The number of aryl methyl sites for hydroxylation is 1. The fourth-order valence-electron chi connectivity index (χ4n) is 2.52. The van der Waals surface area contributed by atoms with Crippen molar-refractivity contribution in [3.05, 3.63) is 29.3 Å². The van der Waals surface area contributed by atoms with Crippen molar-refractivity contribution >= 4 is 10.0 Å². The molecule has 1 aromatic carbocycles. The van der Waals surface area contributed by atoms with Crippen LogP contribution in [0.1, 0.15) is 24.0 Å². The van der Waals surface area contributed by atoms with Crippen LogP contribution >= 0.6 is 0 Å². The van der Waals surface area contributed by atoms with Gasteiger partial charge in [0.05, 0.1) is 4.90 Å². The molecule has 1 aliphatic heterocycles. The van der Waals surface area contributed by atoms with E-state index < -0.39 is 10.0 Å². The van der Waals surface area contributed by atoms with Crippen LogP contribution < -0.4 is 5.73 Å². The highest BCUT2D eigenvalue weighted by Gasteiger charge is 2.30. The summed E-state index contributed by atoms with van der Waals surface area (Å²) in [5.74, 6) is 0.220. The van der Waals surface area contributed by atoms with Gasteiger partial charge in [0.1, 0.15) is 0 Å². The predicted octanol–water partition coefficient (Wildman–Crippen LogP) is 0.847. The average molecular weight is 298 g/mol. The summed E-state index contributed by atoms with van der Waals surface area (Å²) >= 11 is 0. The van der Waals surface area contributed by atoms with Gasteiger partial charge in [0, 0.05) is 26.2 Å². The molecule has 0 saturated carbocycles. The maximum atomic E-state index is 12.7. The molecule has 1 aliphatic rings. The average Bonchev–Trinajstić information content (AvgIpc) is 2.47. The summed E-state index contributed by atoms with van der Waals surface area (Å²) in [7, 11) is -3.46. The van der Waals surface area contributed by atoms with E-state index in [9.17, 15) is 8.42 Å². The number of nitrogens with two attached hydrogens (primary N) is 1. The molecule has 0 unspecified atom stereocenters. The van der Waals surface area contributed by atoms with Crippen molar-refractivity contribution in [1.82, 2.24) is 4.31 Å². The van der Waals surface area contributed by atoms with Crippen molar-refractivity contribution in [1.29, 1.82) is 0 Å². The highest BCUT2D eigenvalue weighted by atomic mass is 32.2. The summed E-state index contributed by atoms with van der Waals surface area (Å²) in [4.78, 5) is 0.350. The van der Waals surface area contributed by atoms with Gasteiger partial charge in [-0.1, -0.05) is 12.1 Å². The van der Waals surface area contributed by atoms with Crippen LogP contribution in [0.5, 0.6) is 0 Å². The molecule has 112 valence electrons. The predicted molar refractivity (Wildman–Crippen MR) is 77.6 cm³/mol. The van der Waals surface area contributed by atoms with Crippen LogP contribution in [0.25, 0.3) is 0 Å². The SMILES string of the molecule is Cc1ccc(CN)cc1S(=O)(=O)N1CCC(CO)CC1. The standard InChI is InChI=1S/C14H22N2O3S/c1-11-2-3-13(9-15)8-14(11)20(18,19)16-6-4-12(10-17)5-7-16/h2-3,8,12,17H,4-7,9-10,15H2,1H3. The van der Waals surface area contributed by atoms with E-state index in [1.54, 1.807) is 19.1 Å². The number of aliphatic hydroxyl groups excluding tert-OH is 1. The first kappa shape index (κ1) is 15.4. The largest absolute Gasteiger partial charge is 0.396 e. The molecular weight excluding hydrogens is 276 g/mol. The third-order valence-corrected chi connectivity index (χ3v) is 5.98. The van der Waals surface area contributed by atoms with E-state index in [4.69, 9.17) is 10.8 Å². The zero-order chi connectivity index (χ0) is 14.8. The van der Waals surface area contributed by atoms with Gasteiger partial charge in [-0.25, -0.2) is 8.42 Å². The van der Waals surface area contributed by atoms with Gasteiger partial charge in [0.2, 0.25) is 10.0 Å². The number of piperidine rings is 1. The van der Waals surface area contributed by atoms with Crippen molar-refractivity contribution in [2.45, 2.75) is 31.2 Å². The molecule has 3 N–H and O–H groups in total. The number of sulfonamides is 1. The summed E-state index contributed by atoms with van der Waals surface area (Å²) < 4.78 is 26.9. The Hall–Kier alpha value is -0.950. The van der Waals surface area contributed by atoms with Gasteiger partial charge in [-0.3, -0.25) is 0 Å². The van der Waals surface area contributed by atoms with Gasteiger partial charge in [-0.05, 0) is 42.9 Å². The molecule has 6 heteroatoms. The zero-order valence-corrected chi connectivity index (χ0v) is 12.6. The van der Waals surface area contributed by atoms with Gasteiger partial charge < -0.3 is 10.8 Å². The first-order valence-electron chi connectivity index (χ1n) is 6.89. The molecule has 0 atom stereocenters. The van der Waals surface area contributed by atoms with Crippen molar-refractivity contribution in [3.8, 4) is 0 Å². The third-order valence-electron chi connectivity index (χ3n) is 3.94. The molecular formula is C14H22N2O3S. The number of aliphatic hydroxyl groups is 1. The lowest BCUT2D eigenvalue weighted by atomic mass is 10.00. The third kappa shape index (κ3) is 3.03. The minimum absolute atomic E-state index is 0.134. The van der Waals surface area contributed by atoms with Crippen LogP contribution in [0.2, 0.25) is 0 Å². The van der Waals surface area contributed by atoms with Crippen LogP contribution in [-0.2, 0) is 16.6 Å². The number of rotatable bonds is 4. The Morgan fingerprint density at radius 1 is 1.35 bits per heavy atom. The zero-order valence-electron chi connectivity index (χ0n) is 11.7. The molecule has 1 saturated heterocycles. The first-order chi connectivity index (χ1) is 9.48. The van der Waals surface area contributed by atoms with Gasteiger partial charge in [0.15, 0.2) is 0 Å². The Bertz CT molecular complexity index is 564. The molecule has 1 fully saturated rings. The number of benzene rings is 1. The molecule has 20 heavy (non-hydrogen) atoms. The first-order valence-corrected chi connectivity index (χ1v) is 8.33. The second kappa shape index (κ2) is 6.22. The molecule has 1 heterocycles. The molecule has 0 aromatic heterocycles. The van der Waals surface area contributed by atoms with Gasteiger partial charge >= 0.3 is 0 Å². The van der Waals surface area contributed by atoms with E-state index in [-0.39, 0.29) is 12.5 Å². The second-order valence-electron chi connectivity index (χ2n) is 5.33. The Morgan fingerprint density at radius 2 is 2.00 bits per heavy atom. The smallest absolute Gasteiger partial charge is 0.243 e. The minimum Gasteiger partial charge on any atom is -0.396 e. The molecule has 2 rings (SSSR count). The van der Waals surface area contributed by atoms with Gasteiger partial charge in [0.25, 0.3) is 0 Å². The molecule has 1 aromatic rings. The van der Waals surface area contributed by atoms with E-state index in [0.29, 0.717) is 37.4 Å². The van der Waals surface area contributed by atoms with E-state index in [2.05, 4.69) is 0 Å². The van der Waals surface area contributed by atoms with Crippen molar-refractivity contribution < 1.29 is 13.5 Å². The summed E-state index contributed by atoms with van der Waals surface area (Å²) in [5, 5.41) is 9.13. The normalized spacial score (nSPS) is 18.4. The molecule has 0 amide bonds. The Labute approximate surface area is 120 Å². The lowest BCUT2D eigenvalue weighted by Gasteiger charge is -2.30. The maximum absolute atomic E-state index is 12.7. The molecule has 0 radical (unpaired) electrons. The van der Waals surface area contributed by atoms with Gasteiger partial charge in [-0.15, -0.1) is 0 Å². The Kier molecular flexibility index (Phi) is 4.80. The summed E-state index contributed by atoms with van der Waals surface area (Å²) in [6.45, 7) is 3.21. The van der Waals surface area contributed by atoms with Crippen LogP contribution in [0.15, 0.2) is 23.1 Å². The van der Waals surface area contributed by atoms with Crippen LogP contribution in [0.3, 0.4) is 0 Å². The van der Waals surface area contributed by atoms with Crippen molar-refractivity contribution in [3.63, 3.8) is 0 Å².